The molecule has 0 aromatic carbocycles. The minimum absolute atomic E-state index is 0.0869. The van der Waals surface area contributed by atoms with Gasteiger partial charge in [0.05, 0.1) is 25.7 Å². The Morgan fingerprint density at radius 1 is 1.25 bits per heavy atom. The molecule has 7 heteroatoms. The lowest BCUT2D eigenvalue weighted by molar-refractivity contribution is 0.0219. The molecule has 1 aromatic rings. The summed E-state index contributed by atoms with van der Waals surface area (Å²) in [5.74, 6) is 0.0869. The number of aryl methyl sites for hydroxylation is 1. The van der Waals surface area contributed by atoms with Crippen molar-refractivity contribution < 1.29 is 14.3 Å². The fraction of sp³-hybridized carbons (Fsp3) is 0.765. The molecule has 2 aliphatic heterocycles. The fourth-order valence-corrected chi connectivity index (χ4v) is 3.45. The van der Waals surface area contributed by atoms with Crippen LogP contribution in [-0.2, 0) is 16.5 Å². The lowest BCUT2D eigenvalue weighted by atomic mass is 10.1. The summed E-state index contributed by atoms with van der Waals surface area (Å²) < 4.78 is 12.7. The third-order valence-electron chi connectivity index (χ3n) is 4.91. The fourth-order valence-electron chi connectivity index (χ4n) is 3.45. The van der Waals surface area contributed by atoms with Crippen LogP contribution in [0.4, 0.5) is 0 Å². The number of carbonyl (C=O) groups is 1. The van der Waals surface area contributed by atoms with E-state index in [0.29, 0.717) is 5.69 Å². The van der Waals surface area contributed by atoms with Crippen LogP contribution in [0.2, 0.25) is 0 Å². The first-order valence-electron chi connectivity index (χ1n) is 8.91. The number of hydrogen-bond donors (Lipinski definition) is 0. The minimum atomic E-state index is 0.0869. The predicted octanol–water partition coefficient (Wildman–Crippen LogP) is 0.764. The van der Waals surface area contributed by atoms with Gasteiger partial charge in [-0.3, -0.25) is 9.69 Å². The van der Waals surface area contributed by atoms with E-state index in [2.05, 4.69) is 9.88 Å². The van der Waals surface area contributed by atoms with Crippen molar-refractivity contribution in [3.63, 3.8) is 0 Å². The Morgan fingerprint density at radius 2 is 1.96 bits per heavy atom. The molecular formula is C17H28N4O3. The van der Waals surface area contributed by atoms with Gasteiger partial charge in [-0.15, -0.1) is 0 Å². The van der Waals surface area contributed by atoms with Crippen LogP contribution in [0.25, 0.3) is 0 Å². The molecule has 2 aliphatic rings. The molecule has 0 bridgehead atoms. The van der Waals surface area contributed by atoms with Crippen molar-refractivity contribution >= 4 is 5.91 Å². The highest BCUT2D eigenvalue weighted by molar-refractivity contribution is 5.92. The number of ether oxygens (including phenoxy) is 2. The Hall–Kier alpha value is -1.44. The molecule has 24 heavy (non-hydrogen) atoms. The Labute approximate surface area is 143 Å². The maximum absolute atomic E-state index is 13.0. The van der Waals surface area contributed by atoms with Crippen LogP contribution in [-0.4, -0.2) is 83.9 Å². The third kappa shape index (κ3) is 4.34. The Morgan fingerprint density at radius 3 is 2.62 bits per heavy atom. The van der Waals surface area contributed by atoms with Gasteiger partial charge in [-0.2, -0.15) is 0 Å². The molecule has 0 saturated carbocycles. The lowest BCUT2D eigenvalue weighted by Crippen LogP contribution is -2.45. The van der Waals surface area contributed by atoms with Crippen LogP contribution in [0.5, 0.6) is 0 Å². The zero-order valence-electron chi connectivity index (χ0n) is 14.5. The monoisotopic (exact) mass is 336 g/mol. The molecule has 2 fully saturated rings. The van der Waals surface area contributed by atoms with Crippen molar-refractivity contribution in [1.29, 1.82) is 0 Å². The number of nitrogens with zero attached hydrogens (tertiary/aromatic N) is 4. The number of amides is 1. The predicted molar refractivity (Wildman–Crippen MR) is 90.0 cm³/mol. The topological polar surface area (TPSA) is 59.8 Å². The van der Waals surface area contributed by atoms with Gasteiger partial charge in [0.2, 0.25) is 0 Å². The lowest BCUT2D eigenvalue weighted by Gasteiger charge is -2.35. The number of morpholine rings is 1. The number of hydrogen-bond acceptors (Lipinski definition) is 5. The first kappa shape index (κ1) is 17.4. The van der Waals surface area contributed by atoms with Crippen molar-refractivity contribution in [2.24, 2.45) is 7.05 Å². The van der Waals surface area contributed by atoms with Gasteiger partial charge < -0.3 is 18.9 Å². The second-order valence-corrected chi connectivity index (χ2v) is 6.54. The average Bonchev–Trinajstić information content (AvgIpc) is 3.06. The third-order valence-corrected chi connectivity index (χ3v) is 4.91. The molecule has 0 spiro atoms. The van der Waals surface area contributed by atoms with Gasteiger partial charge in [-0.1, -0.05) is 0 Å². The summed E-state index contributed by atoms with van der Waals surface area (Å²) >= 11 is 0. The molecular weight excluding hydrogens is 308 g/mol. The molecule has 0 aliphatic carbocycles. The zero-order chi connectivity index (χ0) is 16.8. The van der Waals surface area contributed by atoms with Gasteiger partial charge in [-0.25, -0.2) is 4.98 Å². The van der Waals surface area contributed by atoms with E-state index >= 15 is 0 Å². The molecule has 0 unspecified atom stereocenters. The summed E-state index contributed by atoms with van der Waals surface area (Å²) in [6.45, 7) is 6.90. The van der Waals surface area contributed by atoms with Crippen molar-refractivity contribution in [3.05, 3.63) is 18.2 Å². The molecule has 7 nitrogen and oxygen atoms in total. The van der Waals surface area contributed by atoms with Crippen molar-refractivity contribution in [2.45, 2.75) is 25.3 Å². The van der Waals surface area contributed by atoms with E-state index < -0.39 is 0 Å². The molecule has 0 N–H and O–H groups in total. The van der Waals surface area contributed by atoms with Crippen LogP contribution < -0.4 is 0 Å². The van der Waals surface area contributed by atoms with E-state index in [0.717, 1.165) is 71.9 Å². The second-order valence-electron chi connectivity index (χ2n) is 6.54. The summed E-state index contributed by atoms with van der Waals surface area (Å²) in [6, 6.07) is 0.269. The molecule has 3 rings (SSSR count). The van der Waals surface area contributed by atoms with E-state index in [1.165, 1.54) is 0 Å². The summed E-state index contributed by atoms with van der Waals surface area (Å²) in [6.07, 6.45) is 6.17. The van der Waals surface area contributed by atoms with Gasteiger partial charge in [-0.05, 0) is 19.3 Å². The quantitative estimate of drug-likeness (QED) is 0.768. The Bertz CT molecular complexity index is 522. The zero-order valence-corrected chi connectivity index (χ0v) is 14.5. The van der Waals surface area contributed by atoms with Crippen LogP contribution in [0, 0.1) is 0 Å². The smallest absolute Gasteiger partial charge is 0.272 e. The van der Waals surface area contributed by atoms with Gasteiger partial charge in [0.1, 0.15) is 5.69 Å². The molecule has 2 saturated heterocycles. The van der Waals surface area contributed by atoms with Gasteiger partial charge >= 0.3 is 0 Å². The Balaban J connectivity index is 1.60. The van der Waals surface area contributed by atoms with E-state index in [1.54, 1.807) is 17.1 Å². The average molecular weight is 336 g/mol. The summed E-state index contributed by atoms with van der Waals surface area (Å²) in [4.78, 5) is 21.6. The molecule has 0 atom stereocenters. The summed E-state index contributed by atoms with van der Waals surface area (Å²) in [5, 5.41) is 0. The molecule has 1 amide bonds. The van der Waals surface area contributed by atoms with E-state index in [9.17, 15) is 4.79 Å². The largest absolute Gasteiger partial charge is 0.381 e. The number of rotatable bonds is 6. The van der Waals surface area contributed by atoms with Crippen LogP contribution in [0.1, 0.15) is 29.8 Å². The standard InChI is InChI=1S/C17H28N4O3/c1-19-14-18-13-16(19)17(22)21(15-3-9-23-10-4-15)6-2-5-20-7-11-24-12-8-20/h13-15H,2-12H2,1H3. The highest BCUT2D eigenvalue weighted by atomic mass is 16.5. The molecule has 0 radical (unpaired) electrons. The second kappa shape index (κ2) is 8.60. The van der Waals surface area contributed by atoms with Crippen molar-refractivity contribution in [2.75, 3.05) is 52.6 Å². The minimum Gasteiger partial charge on any atom is -0.381 e. The highest BCUT2D eigenvalue weighted by Gasteiger charge is 2.28. The van der Waals surface area contributed by atoms with Gasteiger partial charge in [0.25, 0.3) is 5.91 Å². The van der Waals surface area contributed by atoms with E-state index in [1.807, 2.05) is 11.9 Å². The summed E-state index contributed by atoms with van der Waals surface area (Å²) in [7, 11) is 1.87. The number of carbonyl (C=O) groups excluding carboxylic acids is 1. The van der Waals surface area contributed by atoms with Crippen LogP contribution in [0.15, 0.2) is 12.5 Å². The molecule has 1 aromatic heterocycles. The van der Waals surface area contributed by atoms with E-state index in [-0.39, 0.29) is 11.9 Å². The van der Waals surface area contributed by atoms with Crippen LogP contribution in [0.3, 0.4) is 0 Å². The maximum Gasteiger partial charge on any atom is 0.272 e. The normalized spacial score (nSPS) is 20.2. The van der Waals surface area contributed by atoms with Crippen molar-refractivity contribution in [3.8, 4) is 0 Å². The Kier molecular flexibility index (Phi) is 6.23. The molecule has 134 valence electrons. The summed E-state index contributed by atoms with van der Waals surface area (Å²) in [5.41, 5.74) is 0.660. The first-order valence-corrected chi connectivity index (χ1v) is 8.91. The highest BCUT2D eigenvalue weighted by Crippen LogP contribution is 2.18. The molecule has 3 heterocycles. The SMILES string of the molecule is Cn1cncc1C(=O)N(CCCN1CCOCC1)C1CCOCC1. The maximum atomic E-state index is 13.0. The van der Waals surface area contributed by atoms with Crippen LogP contribution >= 0.6 is 0 Å². The van der Waals surface area contributed by atoms with Gasteiger partial charge in [0, 0.05) is 52.5 Å². The van der Waals surface area contributed by atoms with Crippen molar-refractivity contribution in [1.82, 2.24) is 19.4 Å². The first-order chi connectivity index (χ1) is 11.8. The number of imidazole rings is 1. The number of aromatic nitrogens is 2. The van der Waals surface area contributed by atoms with E-state index in [4.69, 9.17) is 9.47 Å². The van der Waals surface area contributed by atoms with Gasteiger partial charge in [0.15, 0.2) is 0 Å².